The highest BCUT2D eigenvalue weighted by molar-refractivity contribution is 5.45. The summed E-state index contributed by atoms with van der Waals surface area (Å²) in [4.78, 5) is 10.6. The van der Waals surface area contributed by atoms with E-state index in [1.807, 2.05) is 6.92 Å². The third-order valence-electron chi connectivity index (χ3n) is 3.39. The molecular weight excluding hydrogens is 214 g/mol. The van der Waals surface area contributed by atoms with Crippen LogP contribution in [0.5, 0.6) is 0 Å². The first-order chi connectivity index (χ1) is 8.15. The Kier molecular flexibility index (Phi) is 3.78. The van der Waals surface area contributed by atoms with Crippen molar-refractivity contribution < 1.29 is 0 Å². The van der Waals surface area contributed by atoms with Crippen LogP contribution in [-0.4, -0.2) is 41.5 Å². The van der Waals surface area contributed by atoms with Gasteiger partial charge in [0.05, 0.1) is 0 Å². The second-order valence-corrected chi connectivity index (χ2v) is 4.89. The molecule has 1 fully saturated rings. The highest BCUT2D eigenvalue weighted by atomic mass is 15.1. The van der Waals surface area contributed by atoms with Crippen molar-refractivity contribution in [3.63, 3.8) is 0 Å². The zero-order valence-electron chi connectivity index (χ0n) is 10.6. The van der Waals surface area contributed by atoms with E-state index in [1.165, 1.54) is 25.9 Å². The van der Waals surface area contributed by atoms with Gasteiger partial charge in [-0.1, -0.05) is 0 Å². The number of nitrogens with two attached hydrogens (primary N) is 1. The average Bonchev–Trinajstić information content (AvgIpc) is 2.32. The standard InChI is InChI=1S/C12H21N5/c1-9-7-15-12(13)16-11(9)14-8-10-3-5-17(2)6-4-10/h7,10H,3-6,8H2,1-2H3,(H3,13,14,15,16). The SMILES string of the molecule is Cc1cnc(N)nc1NCC1CCN(C)CC1. The summed E-state index contributed by atoms with van der Waals surface area (Å²) in [6.07, 6.45) is 4.27. The number of nitrogens with zero attached hydrogens (tertiary/aromatic N) is 3. The number of hydrogen-bond acceptors (Lipinski definition) is 5. The first-order valence-corrected chi connectivity index (χ1v) is 6.16. The molecule has 1 saturated heterocycles. The van der Waals surface area contributed by atoms with Gasteiger partial charge in [0.15, 0.2) is 0 Å². The van der Waals surface area contributed by atoms with Gasteiger partial charge in [-0.25, -0.2) is 4.98 Å². The third kappa shape index (κ3) is 3.30. The number of anilines is 2. The van der Waals surface area contributed by atoms with Crippen LogP contribution in [0.25, 0.3) is 0 Å². The van der Waals surface area contributed by atoms with Crippen molar-refractivity contribution in [1.29, 1.82) is 0 Å². The number of nitrogens with one attached hydrogen (secondary N) is 1. The zero-order valence-corrected chi connectivity index (χ0v) is 10.6. The number of aromatic nitrogens is 2. The topological polar surface area (TPSA) is 67.1 Å². The number of aryl methyl sites for hydroxylation is 1. The molecule has 2 heterocycles. The number of rotatable bonds is 3. The molecule has 0 amide bonds. The first-order valence-electron chi connectivity index (χ1n) is 6.16. The summed E-state index contributed by atoms with van der Waals surface area (Å²) >= 11 is 0. The van der Waals surface area contributed by atoms with E-state index in [2.05, 4.69) is 27.2 Å². The van der Waals surface area contributed by atoms with Crippen molar-refractivity contribution in [1.82, 2.24) is 14.9 Å². The fourth-order valence-corrected chi connectivity index (χ4v) is 2.14. The van der Waals surface area contributed by atoms with Crippen LogP contribution >= 0.6 is 0 Å². The van der Waals surface area contributed by atoms with Crippen molar-refractivity contribution >= 4 is 11.8 Å². The minimum absolute atomic E-state index is 0.335. The molecule has 3 N–H and O–H groups in total. The van der Waals surface area contributed by atoms with Gasteiger partial charge >= 0.3 is 0 Å². The molecule has 0 bridgehead atoms. The van der Waals surface area contributed by atoms with Crippen LogP contribution in [0.2, 0.25) is 0 Å². The van der Waals surface area contributed by atoms with Gasteiger partial charge in [0.1, 0.15) is 5.82 Å². The molecule has 0 saturated carbocycles. The lowest BCUT2D eigenvalue weighted by molar-refractivity contribution is 0.226. The quantitative estimate of drug-likeness (QED) is 0.822. The Bertz CT molecular complexity index is 371. The summed E-state index contributed by atoms with van der Waals surface area (Å²) in [5.41, 5.74) is 6.63. The molecule has 5 nitrogen and oxygen atoms in total. The third-order valence-corrected chi connectivity index (χ3v) is 3.39. The lowest BCUT2D eigenvalue weighted by atomic mass is 9.97. The van der Waals surface area contributed by atoms with E-state index in [9.17, 15) is 0 Å². The van der Waals surface area contributed by atoms with Crippen molar-refractivity contribution in [2.75, 3.05) is 37.7 Å². The van der Waals surface area contributed by atoms with Gasteiger partial charge in [-0.2, -0.15) is 4.98 Å². The Morgan fingerprint density at radius 3 is 2.88 bits per heavy atom. The average molecular weight is 235 g/mol. The van der Waals surface area contributed by atoms with Crippen LogP contribution in [0.3, 0.4) is 0 Å². The predicted octanol–water partition coefficient (Wildman–Crippen LogP) is 1.12. The molecule has 1 aromatic heterocycles. The van der Waals surface area contributed by atoms with Crippen LogP contribution in [0.1, 0.15) is 18.4 Å². The Morgan fingerprint density at radius 1 is 1.47 bits per heavy atom. The van der Waals surface area contributed by atoms with E-state index in [0.717, 1.165) is 23.8 Å². The summed E-state index contributed by atoms with van der Waals surface area (Å²) in [7, 11) is 2.18. The Morgan fingerprint density at radius 2 is 2.18 bits per heavy atom. The Balaban J connectivity index is 1.87. The molecule has 17 heavy (non-hydrogen) atoms. The lowest BCUT2D eigenvalue weighted by Crippen LogP contribution is -2.33. The highest BCUT2D eigenvalue weighted by Gasteiger charge is 2.16. The summed E-state index contributed by atoms with van der Waals surface area (Å²) < 4.78 is 0. The van der Waals surface area contributed by atoms with E-state index in [0.29, 0.717) is 5.95 Å². The molecule has 0 spiro atoms. The smallest absolute Gasteiger partial charge is 0.221 e. The van der Waals surface area contributed by atoms with E-state index < -0.39 is 0 Å². The van der Waals surface area contributed by atoms with E-state index in [1.54, 1.807) is 6.20 Å². The van der Waals surface area contributed by atoms with E-state index in [-0.39, 0.29) is 0 Å². The van der Waals surface area contributed by atoms with E-state index in [4.69, 9.17) is 5.73 Å². The van der Waals surface area contributed by atoms with Crippen LogP contribution in [0, 0.1) is 12.8 Å². The molecule has 1 aliphatic heterocycles. The van der Waals surface area contributed by atoms with Crippen molar-refractivity contribution in [3.8, 4) is 0 Å². The normalized spacial score (nSPS) is 18.2. The molecule has 5 heteroatoms. The molecule has 1 aromatic rings. The first kappa shape index (κ1) is 12.1. The number of piperidine rings is 1. The monoisotopic (exact) mass is 235 g/mol. The second-order valence-electron chi connectivity index (χ2n) is 4.89. The molecule has 0 aliphatic carbocycles. The van der Waals surface area contributed by atoms with Crippen molar-refractivity contribution in [2.24, 2.45) is 5.92 Å². The lowest BCUT2D eigenvalue weighted by Gasteiger charge is -2.29. The molecule has 2 rings (SSSR count). The highest BCUT2D eigenvalue weighted by Crippen LogP contribution is 2.18. The van der Waals surface area contributed by atoms with Gasteiger partial charge in [0, 0.05) is 18.3 Å². The number of nitrogen functional groups attached to an aromatic ring is 1. The van der Waals surface area contributed by atoms with Crippen LogP contribution in [-0.2, 0) is 0 Å². The van der Waals surface area contributed by atoms with Gasteiger partial charge in [0.2, 0.25) is 5.95 Å². The number of likely N-dealkylation sites (tertiary alicyclic amines) is 1. The fraction of sp³-hybridized carbons (Fsp3) is 0.667. The minimum Gasteiger partial charge on any atom is -0.369 e. The van der Waals surface area contributed by atoms with Crippen LogP contribution in [0.4, 0.5) is 11.8 Å². The van der Waals surface area contributed by atoms with Gasteiger partial charge in [-0.15, -0.1) is 0 Å². The molecule has 0 aromatic carbocycles. The fourth-order valence-electron chi connectivity index (χ4n) is 2.14. The largest absolute Gasteiger partial charge is 0.369 e. The molecule has 0 atom stereocenters. The molecular formula is C12H21N5. The second kappa shape index (κ2) is 5.31. The van der Waals surface area contributed by atoms with Gasteiger partial charge in [-0.3, -0.25) is 0 Å². The molecule has 94 valence electrons. The van der Waals surface area contributed by atoms with Gasteiger partial charge < -0.3 is 16.0 Å². The summed E-state index contributed by atoms with van der Waals surface area (Å²) in [5.74, 6) is 1.94. The predicted molar refractivity (Wildman–Crippen MR) is 69.9 cm³/mol. The maximum atomic E-state index is 5.59. The van der Waals surface area contributed by atoms with Crippen LogP contribution in [0.15, 0.2) is 6.20 Å². The Hall–Kier alpha value is -1.36. The zero-order chi connectivity index (χ0) is 12.3. The van der Waals surface area contributed by atoms with Gasteiger partial charge in [-0.05, 0) is 45.8 Å². The molecule has 1 aliphatic rings. The molecule has 0 unspecified atom stereocenters. The number of hydrogen-bond donors (Lipinski definition) is 2. The maximum Gasteiger partial charge on any atom is 0.221 e. The van der Waals surface area contributed by atoms with Crippen molar-refractivity contribution in [3.05, 3.63) is 11.8 Å². The molecule has 0 radical (unpaired) electrons. The minimum atomic E-state index is 0.335. The summed E-state index contributed by atoms with van der Waals surface area (Å²) in [6.45, 7) is 5.36. The van der Waals surface area contributed by atoms with Gasteiger partial charge in [0.25, 0.3) is 0 Å². The maximum absolute atomic E-state index is 5.59. The van der Waals surface area contributed by atoms with Crippen molar-refractivity contribution in [2.45, 2.75) is 19.8 Å². The summed E-state index contributed by atoms with van der Waals surface area (Å²) in [6, 6.07) is 0. The van der Waals surface area contributed by atoms with Crippen LogP contribution < -0.4 is 11.1 Å². The summed E-state index contributed by atoms with van der Waals surface area (Å²) in [5, 5.41) is 3.39. The Labute approximate surface area is 102 Å². The van der Waals surface area contributed by atoms with E-state index >= 15 is 0 Å².